The van der Waals surface area contributed by atoms with Gasteiger partial charge < -0.3 is 15.4 Å². The Kier molecular flexibility index (Phi) is 6.32. The van der Waals surface area contributed by atoms with Crippen molar-refractivity contribution in [2.24, 2.45) is 5.73 Å². The van der Waals surface area contributed by atoms with E-state index in [4.69, 9.17) is 10.5 Å². The summed E-state index contributed by atoms with van der Waals surface area (Å²) in [6.07, 6.45) is -0.556. The molecule has 176 valence electrons. The number of nitrogens with zero attached hydrogens (tertiary/aromatic N) is 1. The molecule has 34 heavy (non-hydrogen) atoms. The van der Waals surface area contributed by atoms with E-state index in [0.29, 0.717) is 11.1 Å². The van der Waals surface area contributed by atoms with Gasteiger partial charge in [0.2, 0.25) is 5.91 Å². The molecule has 0 bridgehead atoms. The molecular formula is C26H23F3N2O3. The number of halogens is 3. The molecule has 0 saturated carbocycles. The van der Waals surface area contributed by atoms with Crippen molar-refractivity contribution in [2.75, 3.05) is 6.54 Å². The van der Waals surface area contributed by atoms with Crippen LogP contribution in [0.4, 0.5) is 18.0 Å². The maximum absolute atomic E-state index is 14.1. The fraction of sp³-hybridized carbons (Fsp3) is 0.231. The Bertz CT molecular complexity index is 1210. The molecule has 0 unspecified atom stereocenters. The molecule has 2 amide bonds. The zero-order valence-corrected chi connectivity index (χ0v) is 18.4. The van der Waals surface area contributed by atoms with E-state index in [1.807, 2.05) is 6.92 Å². The van der Waals surface area contributed by atoms with Crippen LogP contribution in [0, 0.1) is 17.5 Å². The van der Waals surface area contributed by atoms with E-state index in [2.05, 4.69) is 0 Å². The number of benzene rings is 3. The van der Waals surface area contributed by atoms with E-state index < -0.39 is 35.1 Å². The third-order valence-electron chi connectivity index (χ3n) is 6.21. The first-order chi connectivity index (χ1) is 16.2. The Hall–Kier alpha value is -3.81. The van der Waals surface area contributed by atoms with Crippen LogP contribution in [0.2, 0.25) is 0 Å². The van der Waals surface area contributed by atoms with Crippen LogP contribution in [0.3, 0.4) is 0 Å². The lowest BCUT2D eigenvalue weighted by atomic mass is 9.85. The van der Waals surface area contributed by atoms with Gasteiger partial charge >= 0.3 is 6.09 Å². The monoisotopic (exact) mass is 468 g/mol. The van der Waals surface area contributed by atoms with Crippen LogP contribution in [-0.2, 0) is 15.1 Å². The molecule has 8 heteroatoms. The predicted octanol–water partition coefficient (Wildman–Crippen LogP) is 5.45. The summed E-state index contributed by atoms with van der Waals surface area (Å²) in [5.74, 6) is -2.39. The first kappa shape index (κ1) is 23.4. The van der Waals surface area contributed by atoms with Crippen molar-refractivity contribution in [3.05, 3.63) is 95.3 Å². The number of amides is 2. The number of nitrogens with two attached hydrogens (primary N) is 1. The molecule has 1 aliphatic heterocycles. The van der Waals surface area contributed by atoms with Gasteiger partial charge in [0.15, 0.2) is 0 Å². The molecule has 1 saturated heterocycles. The van der Waals surface area contributed by atoms with Gasteiger partial charge in [-0.2, -0.15) is 0 Å². The van der Waals surface area contributed by atoms with Crippen LogP contribution >= 0.6 is 0 Å². The highest BCUT2D eigenvalue weighted by Crippen LogP contribution is 2.39. The van der Waals surface area contributed by atoms with Crippen molar-refractivity contribution < 1.29 is 27.5 Å². The molecular weight excluding hydrogens is 445 g/mol. The van der Waals surface area contributed by atoms with Crippen LogP contribution in [0.25, 0.3) is 11.1 Å². The molecule has 1 fully saturated rings. The van der Waals surface area contributed by atoms with Crippen LogP contribution in [0.5, 0.6) is 0 Å². The molecule has 1 aliphatic rings. The highest BCUT2D eigenvalue weighted by molar-refractivity contribution is 5.77. The summed E-state index contributed by atoms with van der Waals surface area (Å²) in [5.41, 5.74) is 6.29. The lowest BCUT2D eigenvalue weighted by Gasteiger charge is -2.43. The molecule has 2 atom stereocenters. The van der Waals surface area contributed by atoms with Gasteiger partial charge in [-0.1, -0.05) is 36.4 Å². The van der Waals surface area contributed by atoms with Crippen molar-refractivity contribution >= 4 is 12.0 Å². The van der Waals surface area contributed by atoms with E-state index >= 15 is 0 Å². The number of cyclic esters (lactones) is 1. The first-order valence-corrected chi connectivity index (χ1v) is 10.8. The summed E-state index contributed by atoms with van der Waals surface area (Å²) >= 11 is 0. The summed E-state index contributed by atoms with van der Waals surface area (Å²) in [7, 11) is 0. The Morgan fingerprint density at radius 2 is 1.68 bits per heavy atom. The number of carbonyl (C=O) groups is 2. The lowest BCUT2D eigenvalue weighted by molar-refractivity contribution is -0.127. The average molecular weight is 468 g/mol. The maximum Gasteiger partial charge on any atom is 0.411 e. The minimum atomic E-state index is -1.27. The SMILES string of the molecule is C[C@@H](c1ccc(-c2ccc(F)cc2F)cc1)N1CC[C@@](CC(N)=O)(c2ccc(F)cc2)OC1=O. The van der Waals surface area contributed by atoms with Crippen molar-refractivity contribution in [3.63, 3.8) is 0 Å². The topological polar surface area (TPSA) is 72.6 Å². The fourth-order valence-electron chi connectivity index (χ4n) is 4.33. The van der Waals surface area contributed by atoms with E-state index in [1.165, 1.54) is 41.3 Å². The second-order valence-corrected chi connectivity index (χ2v) is 8.38. The molecule has 1 heterocycles. The van der Waals surface area contributed by atoms with Crippen molar-refractivity contribution in [2.45, 2.75) is 31.4 Å². The number of carbonyl (C=O) groups excluding carboxylic acids is 2. The van der Waals surface area contributed by atoms with Crippen LogP contribution < -0.4 is 5.73 Å². The van der Waals surface area contributed by atoms with Crippen molar-refractivity contribution in [1.29, 1.82) is 0 Å². The Balaban J connectivity index is 1.54. The molecule has 0 aliphatic carbocycles. The van der Waals surface area contributed by atoms with Gasteiger partial charge in [-0.25, -0.2) is 18.0 Å². The van der Waals surface area contributed by atoms with E-state index in [9.17, 15) is 22.8 Å². The molecule has 5 nitrogen and oxygen atoms in total. The van der Waals surface area contributed by atoms with E-state index in [1.54, 1.807) is 24.3 Å². The zero-order valence-electron chi connectivity index (χ0n) is 18.4. The normalized spacial score (nSPS) is 18.9. The molecule has 3 aromatic rings. The number of hydrogen-bond acceptors (Lipinski definition) is 3. The lowest BCUT2D eigenvalue weighted by Crippen LogP contribution is -2.50. The molecule has 2 N–H and O–H groups in total. The highest BCUT2D eigenvalue weighted by atomic mass is 19.1. The van der Waals surface area contributed by atoms with Gasteiger partial charge in [0.25, 0.3) is 0 Å². The second-order valence-electron chi connectivity index (χ2n) is 8.38. The highest BCUT2D eigenvalue weighted by Gasteiger charge is 2.44. The summed E-state index contributed by atoms with van der Waals surface area (Å²) in [4.78, 5) is 26.3. The summed E-state index contributed by atoms with van der Waals surface area (Å²) in [6, 6.07) is 15.4. The van der Waals surface area contributed by atoms with Crippen molar-refractivity contribution in [1.82, 2.24) is 4.90 Å². The minimum absolute atomic E-state index is 0.218. The smallest absolute Gasteiger partial charge is 0.411 e. The van der Waals surface area contributed by atoms with Crippen LogP contribution in [0.1, 0.15) is 36.9 Å². The third kappa shape index (κ3) is 4.62. The molecule has 0 radical (unpaired) electrons. The van der Waals surface area contributed by atoms with Gasteiger partial charge in [-0.3, -0.25) is 4.79 Å². The summed E-state index contributed by atoms with van der Waals surface area (Å²) < 4.78 is 46.5. The third-order valence-corrected chi connectivity index (χ3v) is 6.21. The van der Waals surface area contributed by atoms with Gasteiger partial charge in [-0.05, 0) is 47.9 Å². The van der Waals surface area contributed by atoms with Crippen LogP contribution in [0.15, 0.2) is 66.7 Å². The summed E-state index contributed by atoms with van der Waals surface area (Å²) in [5, 5.41) is 0. The first-order valence-electron chi connectivity index (χ1n) is 10.8. The Morgan fingerprint density at radius 1 is 1.03 bits per heavy atom. The van der Waals surface area contributed by atoms with Gasteiger partial charge in [-0.15, -0.1) is 0 Å². The summed E-state index contributed by atoms with van der Waals surface area (Å²) in [6.45, 7) is 2.10. The Morgan fingerprint density at radius 3 is 2.26 bits per heavy atom. The molecule has 4 rings (SSSR count). The van der Waals surface area contributed by atoms with E-state index in [0.717, 1.165) is 11.6 Å². The standard InChI is InChI=1S/C26H23F3N2O3/c1-16(17-2-4-18(5-3-17)22-11-10-21(28)14-23(22)29)31-13-12-26(15-24(30)32,34-25(31)33)19-6-8-20(27)9-7-19/h2-11,14,16H,12-13,15H2,1H3,(H2,30,32)/t16-,26+/m0/s1. The van der Waals surface area contributed by atoms with Gasteiger partial charge in [0.1, 0.15) is 23.1 Å². The van der Waals surface area contributed by atoms with Crippen molar-refractivity contribution in [3.8, 4) is 11.1 Å². The van der Waals surface area contributed by atoms with E-state index in [-0.39, 0.29) is 31.0 Å². The largest absolute Gasteiger partial charge is 0.437 e. The number of primary amides is 1. The number of hydrogen-bond donors (Lipinski definition) is 1. The average Bonchev–Trinajstić information content (AvgIpc) is 2.79. The molecule has 0 aromatic heterocycles. The van der Waals surface area contributed by atoms with Crippen LogP contribution in [-0.4, -0.2) is 23.4 Å². The van der Waals surface area contributed by atoms with Gasteiger partial charge in [0.05, 0.1) is 12.5 Å². The Labute approximate surface area is 194 Å². The minimum Gasteiger partial charge on any atom is -0.437 e. The number of ether oxygens (including phenoxy) is 1. The zero-order chi connectivity index (χ0) is 24.5. The quantitative estimate of drug-likeness (QED) is 0.523. The maximum atomic E-state index is 14.1. The predicted molar refractivity (Wildman–Crippen MR) is 120 cm³/mol. The fourth-order valence-corrected chi connectivity index (χ4v) is 4.33. The van der Waals surface area contributed by atoms with Gasteiger partial charge in [0, 0.05) is 24.6 Å². The number of rotatable bonds is 6. The molecule has 0 spiro atoms. The molecule has 3 aromatic carbocycles. The second kappa shape index (κ2) is 9.21.